The average Bonchev–Trinajstić information content (AvgIpc) is 2.49. The Morgan fingerprint density at radius 3 is 2.10 bits per heavy atom. The van der Waals surface area contributed by atoms with Crippen molar-refractivity contribution in [1.82, 2.24) is 0 Å². The zero-order valence-electron chi connectivity index (χ0n) is 13.7. The molecule has 0 saturated heterocycles. The van der Waals surface area contributed by atoms with E-state index in [0.717, 1.165) is 57.1 Å². The van der Waals surface area contributed by atoms with E-state index in [-0.39, 0.29) is 0 Å². The molecule has 0 heterocycles. The first kappa shape index (κ1) is 19.7. The number of carbonyl (C=O) groups excluding carboxylic acids is 2. The van der Waals surface area contributed by atoms with Crippen molar-refractivity contribution in [1.29, 1.82) is 0 Å². The van der Waals surface area contributed by atoms with E-state index in [0.29, 0.717) is 19.1 Å². The Morgan fingerprint density at radius 2 is 1.52 bits per heavy atom. The molecule has 0 amide bonds. The molecule has 0 rings (SSSR count). The highest BCUT2D eigenvalue weighted by molar-refractivity contribution is 5.91. The average molecular weight is 298 g/mol. The first-order valence-corrected chi connectivity index (χ1v) is 8.15. The lowest BCUT2D eigenvalue weighted by Gasteiger charge is -2.13. The maximum atomic E-state index is 11.5. The van der Waals surface area contributed by atoms with Crippen LogP contribution < -0.4 is 0 Å². The monoisotopic (exact) mass is 298 g/mol. The van der Waals surface area contributed by atoms with Crippen molar-refractivity contribution in [3.8, 4) is 0 Å². The van der Waals surface area contributed by atoms with Crippen LogP contribution in [0.1, 0.15) is 65.7 Å². The Labute approximate surface area is 128 Å². The van der Waals surface area contributed by atoms with Gasteiger partial charge in [0.2, 0.25) is 0 Å². The quantitative estimate of drug-likeness (QED) is 0.310. The summed E-state index contributed by atoms with van der Waals surface area (Å²) in [7, 11) is 0. The molecule has 0 radical (unpaired) electrons. The van der Waals surface area contributed by atoms with Gasteiger partial charge in [-0.3, -0.25) is 0 Å². The third kappa shape index (κ3) is 12.2. The van der Waals surface area contributed by atoms with Crippen LogP contribution >= 0.6 is 0 Å². The molecule has 0 spiro atoms. The fraction of sp³-hybridized carbons (Fsp3) is 0.765. The first-order valence-electron chi connectivity index (χ1n) is 8.15. The molecule has 21 heavy (non-hydrogen) atoms. The van der Waals surface area contributed by atoms with Crippen LogP contribution in [0.4, 0.5) is 0 Å². The molecule has 0 aliphatic rings. The smallest absolute Gasteiger partial charge is 0.331 e. The number of unbranched alkanes of at least 4 members (excludes halogenated alkanes) is 3. The second kappa shape index (κ2) is 13.7. The van der Waals surface area contributed by atoms with E-state index in [1.54, 1.807) is 0 Å². The lowest BCUT2D eigenvalue weighted by Crippen LogP contribution is -2.12. The summed E-state index contributed by atoms with van der Waals surface area (Å²) in [6, 6.07) is 0. The van der Waals surface area contributed by atoms with Gasteiger partial charge >= 0.3 is 11.9 Å². The van der Waals surface area contributed by atoms with Crippen LogP contribution in [0.2, 0.25) is 0 Å². The molecule has 0 bridgehead atoms. The highest BCUT2D eigenvalue weighted by Gasteiger charge is 2.08. The maximum absolute atomic E-state index is 11.5. The van der Waals surface area contributed by atoms with Crippen LogP contribution in [-0.4, -0.2) is 25.2 Å². The topological polar surface area (TPSA) is 52.6 Å². The van der Waals surface area contributed by atoms with E-state index in [2.05, 4.69) is 20.8 Å². The number of hydrogen-bond donors (Lipinski definition) is 0. The summed E-state index contributed by atoms with van der Waals surface area (Å²) in [5, 5.41) is 0. The van der Waals surface area contributed by atoms with Gasteiger partial charge in [0.25, 0.3) is 0 Å². The minimum absolute atomic E-state index is 0.404. The lowest BCUT2D eigenvalue weighted by atomic mass is 10.0. The van der Waals surface area contributed by atoms with Crippen LogP contribution in [0.5, 0.6) is 0 Å². The molecule has 0 saturated carbocycles. The molecular weight excluding hydrogens is 268 g/mol. The number of ether oxygens (including phenoxy) is 2. The van der Waals surface area contributed by atoms with Crippen molar-refractivity contribution in [3.05, 3.63) is 12.2 Å². The van der Waals surface area contributed by atoms with Gasteiger partial charge in [-0.05, 0) is 18.8 Å². The summed E-state index contributed by atoms with van der Waals surface area (Å²) in [5.74, 6) is -0.556. The van der Waals surface area contributed by atoms with E-state index < -0.39 is 11.9 Å². The van der Waals surface area contributed by atoms with Crippen LogP contribution in [0, 0.1) is 5.92 Å². The molecule has 0 aromatic rings. The standard InChI is InChI=1S/C17H30O4/c1-4-7-9-13-20-16(18)11-12-17(19)21-14-15(6-3)10-8-5-2/h11-12,15H,4-10,13-14H2,1-3H3. The van der Waals surface area contributed by atoms with Crippen molar-refractivity contribution in [2.45, 2.75) is 65.7 Å². The number of hydrogen-bond acceptors (Lipinski definition) is 4. The second-order valence-electron chi connectivity index (χ2n) is 5.25. The van der Waals surface area contributed by atoms with Gasteiger partial charge in [0.15, 0.2) is 0 Å². The van der Waals surface area contributed by atoms with Crippen molar-refractivity contribution in [2.24, 2.45) is 5.92 Å². The van der Waals surface area contributed by atoms with Gasteiger partial charge in [-0.25, -0.2) is 9.59 Å². The fourth-order valence-corrected chi connectivity index (χ4v) is 1.86. The third-order valence-corrected chi connectivity index (χ3v) is 3.35. The van der Waals surface area contributed by atoms with Gasteiger partial charge in [0.1, 0.15) is 0 Å². The lowest BCUT2D eigenvalue weighted by molar-refractivity contribution is -0.141. The van der Waals surface area contributed by atoms with E-state index in [4.69, 9.17) is 9.47 Å². The third-order valence-electron chi connectivity index (χ3n) is 3.35. The van der Waals surface area contributed by atoms with Crippen LogP contribution in [0.15, 0.2) is 12.2 Å². The van der Waals surface area contributed by atoms with Gasteiger partial charge in [-0.1, -0.05) is 52.9 Å². The van der Waals surface area contributed by atoms with Gasteiger partial charge in [-0.2, -0.15) is 0 Å². The van der Waals surface area contributed by atoms with Crippen LogP contribution in [0.3, 0.4) is 0 Å². The number of rotatable bonds is 12. The summed E-state index contributed by atoms with van der Waals surface area (Å²) in [6.07, 6.45) is 9.63. The first-order chi connectivity index (χ1) is 10.1. The fourth-order valence-electron chi connectivity index (χ4n) is 1.86. The maximum Gasteiger partial charge on any atom is 0.331 e. The van der Waals surface area contributed by atoms with Crippen LogP contribution in [-0.2, 0) is 19.1 Å². The molecule has 1 atom stereocenters. The van der Waals surface area contributed by atoms with Gasteiger partial charge in [0.05, 0.1) is 13.2 Å². The SMILES string of the molecule is CCCCCOC(=O)C=CC(=O)OCC(CC)CCCC. The van der Waals surface area contributed by atoms with Crippen molar-refractivity contribution in [3.63, 3.8) is 0 Å². The zero-order valence-corrected chi connectivity index (χ0v) is 13.7. The Morgan fingerprint density at radius 1 is 0.905 bits per heavy atom. The van der Waals surface area contributed by atoms with E-state index >= 15 is 0 Å². The van der Waals surface area contributed by atoms with Gasteiger partial charge in [0, 0.05) is 12.2 Å². The number of carbonyl (C=O) groups is 2. The Balaban J connectivity index is 3.85. The van der Waals surface area contributed by atoms with Gasteiger partial charge in [-0.15, -0.1) is 0 Å². The summed E-state index contributed by atoms with van der Waals surface area (Å²) in [5.41, 5.74) is 0. The number of esters is 2. The summed E-state index contributed by atoms with van der Waals surface area (Å²) in [4.78, 5) is 22.8. The summed E-state index contributed by atoms with van der Waals surface area (Å²) in [6.45, 7) is 7.15. The Kier molecular flexibility index (Phi) is 12.8. The predicted octanol–water partition coefficient (Wildman–Crippen LogP) is 4.04. The molecule has 4 heteroatoms. The molecule has 0 aliphatic heterocycles. The molecule has 0 aliphatic carbocycles. The molecule has 0 fully saturated rings. The van der Waals surface area contributed by atoms with Crippen molar-refractivity contribution < 1.29 is 19.1 Å². The highest BCUT2D eigenvalue weighted by atomic mass is 16.5. The predicted molar refractivity (Wildman–Crippen MR) is 83.9 cm³/mol. The molecule has 0 aromatic heterocycles. The molecule has 1 unspecified atom stereocenters. The zero-order chi connectivity index (χ0) is 15.9. The highest BCUT2D eigenvalue weighted by Crippen LogP contribution is 2.12. The Bertz CT molecular complexity index is 310. The summed E-state index contributed by atoms with van der Waals surface area (Å²) >= 11 is 0. The minimum Gasteiger partial charge on any atom is -0.463 e. The van der Waals surface area contributed by atoms with Gasteiger partial charge < -0.3 is 9.47 Å². The molecule has 0 aromatic carbocycles. The normalized spacial score (nSPS) is 12.3. The van der Waals surface area contributed by atoms with E-state index in [1.165, 1.54) is 0 Å². The molecule has 0 N–H and O–H groups in total. The molecule has 122 valence electrons. The summed E-state index contributed by atoms with van der Waals surface area (Å²) < 4.78 is 10.1. The molecule has 4 nitrogen and oxygen atoms in total. The van der Waals surface area contributed by atoms with Crippen molar-refractivity contribution >= 4 is 11.9 Å². The van der Waals surface area contributed by atoms with Crippen LogP contribution in [0.25, 0.3) is 0 Å². The van der Waals surface area contributed by atoms with E-state index in [1.807, 2.05) is 0 Å². The molecular formula is C17H30O4. The minimum atomic E-state index is -0.485. The van der Waals surface area contributed by atoms with E-state index in [9.17, 15) is 9.59 Å². The largest absolute Gasteiger partial charge is 0.463 e. The second-order valence-corrected chi connectivity index (χ2v) is 5.25. The van der Waals surface area contributed by atoms with Crippen molar-refractivity contribution in [2.75, 3.05) is 13.2 Å². The Hall–Kier alpha value is -1.32.